The second-order valence-electron chi connectivity index (χ2n) is 8.16. The number of nitrogens with one attached hydrogen (secondary N) is 1. The lowest BCUT2D eigenvalue weighted by Gasteiger charge is -2.19. The molecule has 0 aliphatic carbocycles. The van der Waals surface area contributed by atoms with Crippen LogP contribution in [0.4, 0.5) is 5.69 Å². The zero-order valence-electron chi connectivity index (χ0n) is 18.8. The van der Waals surface area contributed by atoms with E-state index in [1.165, 1.54) is 0 Å². The van der Waals surface area contributed by atoms with Crippen LogP contribution < -0.4 is 10.1 Å². The molecule has 1 aromatic carbocycles. The lowest BCUT2D eigenvalue weighted by atomic mass is 9.96. The van der Waals surface area contributed by atoms with Gasteiger partial charge in [-0.05, 0) is 38.5 Å². The first-order chi connectivity index (χ1) is 14.6. The van der Waals surface area contributed by atoms with Crippen LogP contribution in [0.25, 0.3) is 0 Å². The predicted molar refractivity (Wildman–Crippen MR) is 119 cm³/mol. The van der Waals surface area contributed by atoms with Crippen LogP contribution in [-0.2, 0) is 21.4 Å². The number of aryl methyl sites for hydroxylation is 1. The van der Waals surface area contributed by atoms with Crippen LogP contribution in [0.15, 0.2) is 22.7 Å². The topological polar surface area (TPSA) is 97.6 Å². The fourth-order valence-electron chi connectivity index (χ4n) is 2.79. The molecule has 0 radical (unpaired) electrons. The molecule has 2 aromatic rings. The maximum Gasteiger partial charge on any atom is 0.260 e. The number of amides is 2. The number of likely N-dealkylation sites (N-methyl/N-ethyl adjacent to an activating group) is 1. The number of rotatable bonds is 10. The summed E-state index contributed by atoms with van der Waals surface area (Å²) >= 11 is 6.24. The summed E-state index contributed by atoms with van der Waals surface area (Å²) in [5.41, 5.74) is 0.387. The highest BCUT2D eigenvalue weighted by atomic mass is 35.5. The Hall–Kier alpha value is -2.61. The molecule has 0 saturated carbocycles. The van der Waals surface area contributed by atoms with Crippen LogP contribution in [0.3, 0.4) is 0 Å². The van der Waals surface area contributed by atoms with Gasteiger partial charge in [-0.2, -0.15) is 4.98 Å². The number of carbonyl (C=O) groups excluding carboxylic acids is 2. The van der Waals surface area contributed by atoms with Crippen molar-refractivity contribution in [1.29, 1.82) is 0 Å². The van der Waals surface area contributed by atoms with Crippen LogP contribution in [0.1, 0.15) is 59.2 Å². The molecule has 2 rings (SSSR count). The Kier molecular flexibility index (Phi) is 8.86. The number of ether oxygens (including phenoxy) is 1. The van der Waals surface area contributed by atoms with Crippen molar-refractivity contribution in [3.63, 3.8) is 0 Å². The number of aromatic nitrogens is 2. The summed E-state index contributed by atoms with van der Waals surface area (Å²) in [7, 11) is 0. The summed E-state index contributed by atoms with van der Waals surface area (Å²) < 4.78 is 10.8. The average Bonchev–Trinajstić information content (AvgIpc) is 3.18. The van der Waals surface area contributed by atoms with Gasteiger partial charge in [0.1, 0.15) is 5.75 Å². The van der Waals surface area contributed by atoms with Gasteiger partial charge in [0.05, 0.1) is 5.02 Å². The van der Waals surface area contributed by atoms with Crippen molar-refractivity contribution < 1.29 is 18.8 Å². The van der Waals surface area contributed by atoms with E-state index in [1.807, 2.05) is 34.6 Å². The minimum Gasteiger partial charge on any atom is -0.482 e. The van der Waals surface area contributed by atoms with E-state index in [0.717, 1.165) is 0 Å². The van der Waals surface area contributed by atoms with Crippen molar-refractivity contribution in [1.82, 2.24) is 15.0 Å². The summed E-state index contributed by atoms with van der Waals surface area (Å²) in [6.07, 6.45) is 1.42. The van der Waals surface area contributed by atoms with E-state index in [-0.39, 0.29) is 23.8 Å². The summed E-state index contributed by atoms with van der Waals surface area (Å²) in [6.45, 7) is 11.0. The van der Waals surface area contributed by atoms with E-state index in [9.17, 15) is 9.59 Å². The molecule has 1 N–H and O–H groups in total. The zero-order valence-corrected chi connectivity index (χ0v) is 19.6. The largest absolute Gasteiger partial charge is 0.482 e. The molecule has 2 amide bonds. The first-order valence-corrected chi connectivity index (χ1v) is 10.8. The number of hydrogen-bond acceptors (Lipinski definition) is 6. The Labute approximate surface area is 188 Å². The van der Waals surface area contributed by atoms with E-state index in [4.69, 9.17) is 20.9 Å². The van der Waals surface area contributed by atoms with Crippen LogP contribution in [0.5, 0.6) is 5.75 Å². The Morgan fingerprint density at radius 1 is 1.23 bits per heavy atom. The maximum absolute atomic E-state index is 12.2. The Morgan fingerprint density at radius 3 is 2.52 bits per heavy atom. The number of anilines is 1. The van der Waals surface area contributed by atoms with E-state index < -0.39 is 0 Å². The van der Waals surface area contributed by atoms with Crippen LogP contribution in [0.2, 0.25) is 5.02 Å². The number of hydrogen-bond donors (Lipinski definition) is 1. The molecule has 1 heterocycles. The Morgan fingerprint density at radius 2 is 1.94 bits per heavy atom. The lowest BCUT2D eigenvalue weighted by molar-refractivity contribution is -0.133. The zero-order chi connectivity index (χ0) is 23.0. The smallest absolute Gasteiger partial charge is 0.260 e. The van der Waals surface area contributed by atoms with E-state index in [0.29, 0.717) is 60.5 Å². The Bertz CT molecular complexity index is 888. The third-order valence-electron chi connectivity index (χ3n) is 4.62. The first-order valence-electron chi connectivity index (χ1n) is 10.5. The van der Waals surface area contributed by atoms with E-state index in [1.54, 1.807) is 23.1 Å². The van der Waals surface area contributed by atoms with Gasteiger partial charge < -0.3 is 19.5 Å². The molecule has 31 heavy (non-hydrogen) atoms. The molecule has 0 bridgehead atoms. The number of halogens is 1. The fourth-order valence-corrected chi connectivity index (χ4v) is 3.02. The molecule has 170 valence electrons. The molecule has 0 fully saturated rings. The lowest BCUT2D eigenvalue weighted by Crippen LogP contribution is -2.34. The molecule has 9 heteroatoms. The number of carbonyl (C=O) groups is 2. The maximum atomic E-state index is 12.2. The van der Waals surface area contributed by atoms with Gasteiger partial charge in [-0.25, -0.2) is 0 Å². The van der Waals surface area contributed by atoms with Gasteiger partial charge in [0.2, 0.25) is 11.8 Å². The molecule has 0 aliphatic rings. The molecular weight excluding hydrogens is 420 g/mol. The molecular formula is C22H31ClN4O4. The summed E-state index contributed by atoms with van der Waals surface area (Å²) in [6, 6.07) is 4.93. The minimum atomic E-state index is -0.174. The van der Waals surface area contributed by atoms with Crippen molar-refractivity contribution in [3.8, 4) is 5.75 Å². The van der Waals surface area contributed by atoms with Crippen molar-refractivity contribution in [2.75, 3.05) is 25.0 Å². The quantitative estimate of drug-likeness (QED) is 0.581. The molecule has 0 unspecified atom stereocenters. The summed E-state index contributed by atoms with van der Waals surface area (Å²) in [5, 5.41) is 7.11. The van der Waals surface area contributed by atoms with Crippen LogP contribution in [0, 0.1) is 0 Å². The predicted octanol–water partition coefficient (Wildman–Crippen LogP) is 4.23. The van der Waals surface area contributed by atoms with Crippen LogP contribution >= 0.6 is 11.6 Å². The second-order valence-corrected chi connectivity index (χ2v) is 8.57. The van der Waals surface area contributed by atoms with Crippen LogP contribution in [-0.4, -0.2) is 46.6 Å². The SMILES string of the molecule is CCN(CC)C(=O)COc1ccc(NC(=O)CCCc2nc(C(C)(C)C)no2)cc1Cl. The van der Waals surface area contributed by atoms with Crippen molar-refractivity contribution >= 4 is 29.1 Å². The summed E-state index contributed by atoms with van der Waals surface area (Å²) in [5.74, 6) is 1.33. The van der Waals surface area contributed by atoms with E-state index in [2.05, 4.69) is 15.5 Å². The Balaban J connectivity index is 1.80. The van der Waals surface area contributed by atoms with Gasteiger partial charge in [0.15, 0.2) is 12.4 Å². The highest BCUT2D eigenvalue weighted by Crippen LogP contribution is 2.28. The van der Waals surface area contributed by atoms with Gasteiger partial charge in [0.25, 0.3) is 5.91 Å². The highest BCUT2D eigenvalue weighted by molar-refractivity contribution is 6.32. The molecule has 8 nitrogen and oxygen atoms in total. The highest BCUT2D eigenvalue weighted by Gasteiger charge is 2.20. The van der Waals surface area contributed by atoms with Gasteiger partial charge in [-0.15, -0.1) is 0 Å². The molecule has 0 atom stereocenters. The van der Waals surface area contributed by atoms with E-state index >= 15 is 0 Å². The second kappa shape index (κ2) is 11.1. The monoisotopic (exact) mass is 450 g/mol. The first kappa shape index (κ1) is 24.7. The van der Waals surface area contributed by atoms with Gasteiger partial charge >= 0.3 is 0 Å². The molecule has 0 spiro atoms. The summed E-state index contributed by atoms with van der Waals surface area (Å²) in [4.78, 5) is 30.3. The van der Waals surface area contributed by atoms with Gasteiger partial charge in [-0.3, -0.25) is 9.59 Å². The van der Waals surface area contributed by atoms with Crippen molar-refractivity contribution in [3.05, 3.63) is 34.9 Å². The molecule has 0 saturated heterocycles. The van der Waals surface area contributed by atoms with Gasteiger partial charge in [0, 0.05) is 37.0 Å². The van der Waals surface area contributed by atoms with Crippen molar-refractivity contribution in [2.24, 2.45) is 0 Å². The molecule has 1 aromatic heterocycles. The minimum absolute atomic E-state index is 0.0836. The third kappa shape index (κ3) is 7.54. The number of nitrogens with zero attached hydrogens (tertiary/aromatic N) is 3. The average molecular weight is 451 g/mol. The normalized spacial score (nSPS) is 11.3. The standard InChI is InChI=1S/C22H31ClN4O4/c1-6-27(7-2)20(29)14-30-17-12-11-15(13-16(17)23)24-18(28)9-8-10-19-25-21(26-31-19)22(3,4)5/h11-13H,6-10,14H2,1-5H3,(H,24,28). The van der Waals surface area contributed by atoms with Crippen molar-refractivity contribution in [2.45, 2.75) is 59.3 Å². The fraction of sp³-hybridized carbons (Fsp3) is 0.545. The number of benzene rings is 1. The third-order valence-corrected chi connectivity index (χ3v) is 4.91. The van der Waals surface area contributed by atoms with Gasteiger partial charge in [-0.1, -0.05) is 37.5 Å². The molecule has 0 aliphatic heterocycles.